The number of β-amino-alcohol motifs (C(OH)–C–C–N with tert-alkyl or cyclic N) is 1. The van der Waals surface area contributed by atoms with Crippen LogP contribution < -0.4 is 0 Å². The molecule has 3 rings (SSSR count). The molecule has 0 aliphatic carbocycles. The Morgan fingerprint density at radius 1 is 1.30 bits per heavy atom. The fourth-order valence-corrected chi connectivity index (χ4v) is 2.65. The third kappa shape index (κ3) is 2.96. The maximum Gasteiger partial charge on any atom is 0.418 e. The van der Waals surface area contributed by atoms with Crippen LogP contribution in [-0.2, 0) is 0 Å². The molecule has 0 unspecified atom stereocenters. The van der Waals surface area contributed by atoms with Crippen molar-refractivity contribution in [3.63, 3.8) is 0 Å². The zero-order chi connectivity index (χ0) is 16.7. The molecule has 0 radical (unpaired) electrons. The molecule has 1 aromatic heterocycles. The number of hydrogen-bond donors (Lipinski definition) is 1. The first-order valence-corrected chi connectivity index (χ1v) is 7.22. The van der Waals surface area contributed by atoms with Gasteiger partial charge in [0.25, 0.3) is 5.89 Å². The Balaban J connectivity index is 1.75. The van der Waals surface area contributed by atoms with Crippen LogP contribution in [-0.4, -0.2) is 45.0 Å². The van der Waals surface area contributed by atoms with Crippen molar-refractivity contribution in [2.75, 3.05) is 13.1 Å². The van der Waals surface area contributed by atoms with Crippen LogP contribution in [0.1, 0.15) is 25.2 Å². The Bertz CT molecular complexity index is 674. The van der Waals surface area contributed by atoms with E-state index in [0.717, 1.165) is 5.56 Å². The van der Waals surface area contributed by atoms with Gasteiger partial charge in [-0.1, -0.05) is 23.4 Å². The van der Waals surface area contributed by atoms with Gasteiger partial charge in [-0.15, -0.1) is 0 Å². The van der Waals surface area contributed by atoms with Crippen molar-refractivity contribution < 1.29 is 22.8 Å². The van der Waals surface area contributed by atoms with Gasteiger partial charge in [0.2, 0.25) is 0 Å². The van der Waals surface area contributed by atoms with Gasteiger partial charge in [0.05, 0.1) is 6.04 Å². The van der Waals surface area contributed by atoms with Gasteiger partial charge in [-0.25, -0.2) is 0 Å². The first kappa shape index (κ1) is 15.9. The smallest absolute Gasteiger partial charge is 0.379 e. The monoisotopic (exact) mass is 327 g/mol. The molecule has 8 heteroatoms. The van der Waals surface area contributed by atoms with E-state index in [2.05, 4.69) is 10.1 Å². The van der Waals surface area contributed by atoms with Crippen LogP contribution in [0.3, 0.4) is 0 Å². The van der Waals surface area contributed by atoms with Gasteiger partial charge >= 0.3 is 6.18 Å². The van der Waals surface area contributed by atoms with E-state index in [9.17, 15) is 18.3 Å². The molecule has 0 saturated carbocycles. The minimum atomic E-state index is -4.64. The number of alkyl halides is 3. The minimum absolute atomic E-state index is 0.117. The summed E-state index contributed by atoms with van der Waals surface area (Å²) in [6, 6.07) is 8.64. The number of nitrogens with zero attached hydrogens (tertiary/aromatic N) is 3. The van der Waals surface area contributed by atoms with Gasteiger partial charge < -0.3 is 9.63 Å². The summed E-state index contributed by atoms with van der Waals surface area (Å²) in [5.74, 6) is 0.619. The summed E-state index contributed by atoms with van der Waals surface area (Å²) in [5.41, 5.74) is -1.93. The van der Waals surface area contributed by atoms with Crippen LogP contribution in [0.2, 0.25) is 0 Å². The first-order valence-electron chi connectivity index (χ1n) is 7.22. The predicted molar refractivity (Wildman–Crippen MR) is 75.3 cm³/mol. The SMILES string of the molecule is C[C@@H](c1noc(-c2ccccc2)n1)N1CC[C@](O)(C(F)(F)F)C1. The van der Waals surface area contributed by atoms with E-state index in [-0.39, 0.29) is 13.0 Å². The average Bonchev–Trinajstić information content (AvgIpc) is 3.14. The lowest BCUT2D eigenvalue weighted by molar-refractivity contribution is -0.254. The number of aliphatic hydroxyl groups is 1. The highest BCUT2D eigenvalue weighted by atomic mass is 19.4. The van der Waals surface area contributed by atoms with Crippen molar-refractivity contribution in [3.05, 3.63) is 36.2 Å². The molecule has 1 fully saturated rings. The zero-order valence-electron chi connectivity index (χ0n) is 12.4. The van der Waals surface area contributed by atoms with Gasteiger partial charge in [0.1, 0.15) is 0 Å². The van der Waals surface area contributed by atoms with E-state index >= 15 is 0 Å². The van der Waals surface area contributed by atoms with Gasteiger partial charge in [0.15, 0.2) is 11.4 Å². The summed E-state index contributed by atoms with van der Waals surface area (Å²) in [6.45, 7) is 1.32. The molecule has 0 spiro atoms. The highest BCUT2D eigenvalue weighted by molar-refractivity contribution is 5.52. The quantitative estimate of drug-likeness (QED) is 0.939. The van der Waals surface area contributed by atoms with Gasteiger partial charge in [0, 0.05) is 18.7 Å². The maximum absolute atomic E-state index is 12.9. The number of rotatable bonds is 3. The summed E-state index contributed by atoms with van der Waals surface area (Å²) in [4.78, 5) is 5.76. The Kier molecular flexibility index (Phi) is 3.89. The molecule has 2 heterocycles. The number of aromatic nitrogens is 2. The van der Waals surface area contributed by atoms with Crippen LogP contribution in [0.4, 0.5) is 13.2 Å². The summed E-state index contributed by atoms with van der Waals surface area (Å²) in [6.07, 6.45) is -5.00. The average molecular weight is 327 g/mol. The normalized spacial score (nSPS) is 24.0. The summed E-state index contributed by atoms with van der Waals surface area (Å²) in [7, 11) is 0. The molecule has 1 saturated heterocycles. The molecule has 2 atom stereocenters. The van der Waals surface area contributed by atoms with Crippen LogP contribution in [0, 0.1) is 0 Å². The fraction of sp³-hybridized carbons (Fsp3) is 0.467. The highest BCUT2D eigenvalue weighted by Crippen LogP contribution is 2.40. The molecular formula is C15H16F3N3O2. The Hall–Kier alpha value is -1.93. The molecule has 1 N–H and O–H groups in total. The zero-order valence-corrected chi connectivity index (χ0v) is 12.4. The van der Waals surface area contributed by atoms with E-state index in [1.165, 1.54) is 4.90 Å². The first-order chi connectivity index (χ1) is 10.8. The molecule has 1 aliphatic rings. The van der Waals surface area contributed by atoms with Crippen LogP contribution in [0.15, 0.2) is 34.9 Å². The van der Waals surface area contributed by atoms with Crippen molar-refractivity contribution in [3.8, 4) is 11.5 Å². The molecule has 5 nitrogen and oxygen atoms in total. The minimum Gasteiger partial charge on any atom is -0.379 e. The number of hydrogen-bond acceptors (Lipinski definition) is 5. The molecule has 1 aliphatic heterocycles. The second-order valence-electron chi connectivity index (χ2n) is 5.75. The number of likely N-dealkylation sites (tertiary alicyclic amines) is 1. The second kappa shape index (κ2) is 5.61. The largest absolute Gasteiger partial charge is 0.418 e. The van der Waals surface area contributed by atoms with Gasteiger partial charge in [-0.2, -0.15) is 18.2 Å². The van der Waals surface area contributed by atoms with E-state index in [1.807, 2.05) is 18.2 Å². The molecular weight excluding hydrogens is 311 g/mol. The molecule has 23 heavy (non-hydrogen) atoms. The molecule has 1 aromatic carbocycles. The number of benzene rings is 1. The lowest BCUT2D eigenvalue weighted by Gasteiger charge is -2.27. The standard InChI is InChI=1S/C15H16F3N3O2/c1-10(21-8-7-14(22,9-21)15(16,17)18)12-19-13(23-20-12)11-5-3-2-4-6-11/h2-6,10,22H,7-9H2,1H3/t10-,14+/m0/s1. The molecule has 124 valence electrons. The summed E-state index contributed by atoms with van der Waals surface area (Å²) in [5, 5.41) is 13.6. The maximum atomic E-state index is 12.9. The van der Waals surface area contributed by atoms with E-state index in [0.29, 0.717) is 11.7 Å². The van der Waals surface area contributed by atoms with Crippen molar-refractivity contribution >= 4 is 0 Å². The lowest BCUT2D eigenvalue weighted by Crippen LogP contribution is -2.47. The Morgan fingerprint density at radius 3 is 2.61 bits per heavy atom. The highest BCUT2D eigenvalue weighted by Gasteiger charge is 2.57. The summed E-state index contributed by atoms with van der Waals surface area (Å²) >= 11 is 0. The predicted octanol–water partition coefficient (Wildman–Crippen LogP) is 2.80. The second-order valence-corrected chi connectivity index (χ2v) is 5.75. The number of halogens is 3. The van der Waals surface area contributed by atoms with Crippen molar-refractivity contribution in [1.29, 1.82) is 0 Å². The van der Waals surface area contributed by atoms with Crippen molar-refractivity contribution in [2.24, 2.45) is 0 Å². The third-order valence-corrected chi connectivity index (χ3v) is 4.19. The Labute approximate surface area is 130 Å². The van der Waals surface area contributed by atoms with E-state index < -0.39 is 24.4 Å². The van der Waals surface area contributed by atoms with Crippen molar-refractivity contribution in [2.45, 2.75) is 31.2 Å². The van der Waals surface area contributed by atoms with E-state index in [4.69, 9.17) is 4.52 Å². The molecule has 2 aromatic rings. The fourth-order valence-electron chi connectivity index (χ4n) is 2.65. The topological polar surface area (TPSA) is 62.4 Å². The van der Waals surface area contributed by atoms with Gasteiger partial charge in [-0.05, 0) is 25.5 Å². The lowest BCUT2D eigenvalue weighted by atomic mass is 10.0. The third-order valence-electron chi connectivity index (χ3n) is 4.19. The molecule has 0 bridgehead atoms. The van der Waals surface area contributed by atoms with Gasteiger partial charge in [-0.3, -0.25) is 4.90 Å². The summed E-state index contributed by atoms with van der Waals surface area (Å²) < 4.78 is 43.8. The van der Waals surface area contributed by atoms with E-state index in [1.54, 1.807) is 19.1 Å². The van der Waals surface area contributed by atoms with Crippen LogP contribution >= 0.6 is 0 Å². The van der Waals surface area contributed by atoms with Crippen LogP contribution in [0.5, 0.6) is 0 Å². The molecule has 0 amide bonds. The Morgan fingerprint density at radius 2 is 2.00 bits per heavy atom. The van der Waals surface area contributed by atoms with Crippen molar-refractivity contribution in [1.82, 2.24) is 15.0 Å². The van der Waals surface area contributed by atoms with Crippen LogP contribution in [0.25, 0.3) is 11.5 Å².